The summed E-state index contributed by atoms with van der Waals surface area (Å²) in [6.07, 6.45) is 15.6. The number of nitrogen functional groups attached to an aromatic ring is 1. The molecule has 3 aromatic rings. The van der Waals surface area contributed by atoms with Gasteiger partial charge in [-0.15, -0.1) is 5.10 Å². The Kier molecular flexibility index (Phi) is 9.13. The quantitative estimate of drug-likeness (QED) is 0.250. The van der Waals surface area contributed by atoms with Gasteiger partial charge in [0.2, 0.25) is 11.8 Å². The highest BCUT2D eigenvalue weighted by molar-refractivity contribution is 5.44. The highest BCUT2D eigenvalue weighted by Crippen LogP contribution is 2.39. The number of rotatable bonds is 13. The van der Waals surface area contributed by atoms with Gasteiger partial charge in [0.05, 0.1) is 20.8 Å². The van der Waals surface area contributed by atoms with Crippen LogP contribution in [-0.2, 0) is 6.42 Å². The maximum Gasteiger partial charge on any atom is 0.240 e. The SMILES string of the molecule is C=C/C=C\C/C=C\C(C)C1CC(COc2cc(-n3nc(N)nc3Cc3ccc(OC)c(OC)c3)ncn2)C1. The summed E-state index contributed by atoms with van der Waals surface area (Å²) in [5.74, 6) is 4.96. The monoisotopic (exact) mass is 516 g/mol. The summed E-state index contributed by atoms with van der Waals surface area (Å²) in [6, 6.07) is 7.49. The molecule has 1 saturated carbocycles. The molecule has 1 aromatic carbocycles. The highest BCUT2D eigenvalue weighted by Gasteiger charge is 2.32. The summed E-state index contributed by atoms with van der Waals surface area (Å²) in [5, 5.41) is 4.35. The minimum absolute atomic E-state index is 0.168. The first-order valence-corrected chi connectivity index (χ1v) is 12.8. The van der Waals surface area contributed by atoms with Crippen LogP contribution in [0.5, 0.6) is 17.4 Å². The average Bonchev–Trinajstić information content (AvgIpc) is 3.27. The van der Waals surface area contributed by atoms with E-state index in [1.165, 1.54) is 6.33 Å². The fraction of sp³-hybridized carbons (Fsp3) is 0.379. The Morgan fingerprint density at radius 1 is 1.13 bits per heavy atom. The van der Waals surface area contributed by atoms with E-state index in [9.17, 15) is 0 Å². The molecule has 4 rings (SSSR count). The molecule has 9 nitrogen and oxygen atoms in total. The second-order valence-corrected chi connectivity index (χ2v) is 9.47. The number of methoxy groups -OCH3 is 2. The van der Waals surface area contributed by atoms with Gasteiger partial charge in [0.1, 0.15) is 12.2 Å². The van der Waals surface area contributed by atoms with Gasteiger partial charge in [-0.3, -0.25) is 0 Å². The van der Waals surface area contributed by atoms with Crippen LogP contribution in [0.15, 0.2) is 67.6 Å². The summed E-state index contributed by atoms with van der Waals surface area (Å²) in [6.45, 7) is 6.61. The minimum atomic E-state index is 0.168. The van der Waals surface area contributed by atoms with Crippen molar-refractivity contribution in [3.8, 4) is 23.2 Å². The van der Waals surface area contributed by atoms with Crippen molar-refractivity contribution in [1.82, 2.24) is 24.7 Å². The summed E-state index contributed by atoms with van der Waals surface area (Å²) in [5.41, 5.74) is 6.92. The maximum atomic E-state index is 6.04. The van der Waals surface area contributed by atoms with E-state index in [4.69, 9.17) is 19.9 Å². The molecule has 0 amide bonds. The van der Waals surface area contributed by atoms with Gasteiger partial charge in [-0.05, 0) is 54.7 Å². The molecule has 1 unspecified atom stereocenters. The number of hydrogen-bond donors (Lipinski definition) is 1. The van der Waals surface area contributed by atoms with Gasteiger partial charge in [-0.1, -0.05) is 49.9 Å². The largest absolute Gasteiger partial charge is 0.493 e. The Morgan fingerprint density at radius 3 is 2.71 bits per heavy atom. The van der Waals surface area contributed by atoms with Crippen LogP contribution in [0.3, 0.4) is 0 Å². The third-order valence-electron chi connectivity index (χ3n) is 6.81. The lowest BCUT2D eigenvalue weighted by molar-refractivity contribution is 0.0956. The molecule has 0 saturated heterocycles. The van der Waals surface area contributed by atoms with Crippen LogP contribution >= 0.6 is 0 Å². The number of nitrogens with two attached hydrogens (primary N) is 1. The first-order chi connectivity index (χ1) is 18.5. The zero-order valence-corrected chi connectivity index (χ0v) is 22.3. The Morgan fingerprint density at radius 2 is 1.95 bits per heavy atom. The molecule has 1 atom stereocenters. The number of anilines is 1. The molecule has 2 N–H and O–H groups in total. The second kappa shape index (κ2) is 12.9. The van der Waals surface area contributed by atoms with E-state index in [2.05, 4.69) is 51.8 Å². The molecule has 0 bridgehead atoms. The summed E-state index contributed by atoms with van der Waals surface area (Å²) in [7, 11) is 3.22. The van der Waals surface area contributed by atoms with Gasteiger partial charge in [0.15, 0.2) is 17.3 Å². The molecule has 0 aliphatic heterocycles. The predicted octanol–water partition coefficient (Wildman–Crippen LogP) is 4.98. The third-order valence-corrected chi connectivity index (χ3v) is 6.81. The Balaban J connectivity index is 1.35. The lowest BCUT2D eigenvalue weighted by atomic mass is 9.69. The van der Waals surface area contributed by atoms with Crippen molar-refractivity contribution in [3.63, 3.8) is 0 Å². The van der Waals surface area contributed by atoms with E-state index in [0.29, 0.717) is 59.8 Å². The number of allylic oxidation sites excluding steroid dienone is 5. The molecule has 1 aliphatic carbocycles. The topological polar surface area (TPSA) is 110 Å². The standard InChI is InChI=1S/C29H36N6O3/c1-5-6-7-8-9-10-20(2)23-13-22(14-23)18-38-28-17-26(31-19-32-28)35-27(33-29(30)34-35)16-21-11-12-24(36-3)25(15-21)37-4/h5-7,9-12,15,17,19-20,22-23H,1,8,13-14,16,18H2,2-4H3,(H2,30,34)/b7-6-,10-9-. The van der Waals surface area contributed by atoms with Crippen LogP contribution in [0.2, 0.25) is 0 Å². The molecule has 1 aliphatic rings. The Labute approximate surface area is 224 Å². The van der Waals surface area contributed by atoms with Crippen LogP contribution in [0.4, 0.5) is 5.95 Å². The maximum absolute atomic E-state index is 6.04. The zero-order chi connectivity index (χ0) is 26.9. The van der Waals surface area contributed by atoms with Crippen LogP contribution in [0, 0.1) is 17.8 Å². The van der Waals surface area contributed by atoms with Crippen molar-refractivity contribution in [2.24, 2.45) is 17.8 Å². The minimum Gasteiger partial charge on any atom is -0.493 e. The van der Waals surface area contributed by atoms with Crippen LogP contribution in [-0.4, -0.2) is 45.6 Å². The number of aromatic nitrogens is 5. The summed E-state index contributed by atoms with van der Waals surface area (Å²) >= 11 is 0. The number of hydrogen-bond acceptors (Lipinski definition) is 8. The van der Waals surface area contributed by atoms with Gasteiger partial charge in [-0.25, -0.2) is 9.97 Å². The smallest absolute Gasteiger partial charge is 0.240 e. The van der Waals surface area contributed by atoms with Gasteiger partial charge < -0.3 is 19.9 Å². The Bertz CT molecular complexity index is 1280. The molecule has 2 aromatic heterocycles. The van der Waals surface area contributed by atoms with Crippen molar-refractivity contribution < 1.29 is 14.2 Å². The average molecular weight is 517 g/mol. The Hall–Kier alpha value is -4.14. The van der Waals surface area contributed by atoms with E-state index in [1.54, 1.807) is 31.0 Å². The van der Waals surface area contributed by atoms with E-state index in [1.807, 2.05) is 24.3 Å². The number of benzene rings is 1. The molecule has 0 spiro atoms. The fourth-order valence-electron chi connectivity index (χ4n) is 4.62. The van der Waals surface area contributed by atoms with Crippen molar-refractivity contribution in [2.45, 2.75) is 32.6 Å². The molecule has 1 fully saturated rings. The molecular weight excluding hydrogens is 480 g/mol. The molecule has 200 valence electrons. The molecule has 38 heavy (non-hydrogen) atoms. The predicted molar refractivity (Wildman–Crippen MR) is 148 cm³/mol. The first-order valence-electron chi connectivity index (χ1n) is 12.8. The fourth-order valence-corrected chi connectivity index (χ4v) is 4.62. The van der Waals surface area contributed by atoms with E-state index >= 15 is 0 Å². The second-order valence-electron chi connectivity index (χ2n) is 9.47. The van der Waals surface area contributed by atoms with E-state index in [-0.39, 0.29) is 5.95 Å². The first kappa shape index (κ1) is 26.9. The van der Waals surface area contributed by atoms with Crippen molar-refractivity contribution in [3.05, 3.63) is 78.9 Å². The van der Waals surface area contributed by atoms with Gasteiger partial charge in [-0.2, -0.15) is 9.67 Å². The number of ether oxygens (including phenoxy) is 3. The van der Waals surface area contributed by atoms with Crippen molar-refractivity contribution >= 4 is 5.95 Å². The molecule has 9 heteroatoms. The molecule has 0 radical (unpaired) electrons. The van der Waals surface area contributed by atoms with Gasteiger partial charge in [0, 0.05) is 12.5 Å². The van der Waals surface area contributed by atoms with Crippen LogP contribution in [0.1, 0.15) is 37.6 Å². The van der Waals surface area contributed by atoms with Crippen LogP contribution in [0.25, 0.3) is 5.82 Å². The van der Waals surface area contributed by atoms with Gasteiger partial charge >= 0.3 is 0 Å². The molecular formula is C29H36N6O3. The summed E-state index contributed by atoms with van der Waals surface area (Å²) < 4.78 is 18.4. The van der Waals surface area contributed by atoms with Crippen molar-refractivity contribution in [2.75, 3.05) is 26.6 Å². The van der Waals surface area contributed by atoms with Crippen LogP contribution < -0.4 is 19.9 Å². The molecule has 2 heterocycles. The zero-order valence-electron chi connectivity index (χ0n) is 22.3. The lowest BCUT2D eigenvalue weighted by Gasteiger charge is -2.38. The lowest BCUT2D eigenvalue weighted by Crippen LogP contribution is -2.32. The number of nitrogens with zero attached hydrogens (tertiary/aromatic N) is 5. The summed E-state index contributed by atoms with van der Waals surface area (Å²) in [4.78, 5) is 13.1. The van der Waals surface area contributed by atoms with Crippen molar-refractivity contribution in [1.29, 1.82) is 0 Å². The third kappa shape index (κ3) is 6.79. The highest BCUT2D eigenvalue weighted by atomic mass is 16.5. The van der Waals surface area contributed by atoms with Gasteiger partial charge in [0.25, 0.3) is 0 Å². The normalized spacial score (nSPS) is 17.9. The van der Waals surface area contributed by atoms with E-state index in [0.717, 1.165) is 24.8 Å². The van der Waals surface area contributed by atoms with E-state index < -0.39 is 0 Å².